The zero-order chi connectivity index (χ0) is 25.5. The van der Waals surface area contributed by atoms with Crippen LogP contribution >= 0.6 is 11.6 Å². The number of imide groups is 1. The van der Waals surface area contributed by atoms with Crippen molar-refractivity contribution in [3.05, 3.63) is 112 Å². The maximum absolute atomic E-state index is 13.4. The number of amides is 3. The molecule has 2 aliphatic rings. The van der Waals surface area contributed by atoms with Crippen LogP contribution in [0.15, 0.2) is 84.9 Å². The predicted molar refractivity (Wildman–Crippen MR) is 144 cm³/mol. The predicted octanol–water partition coefficient (Wildman–Crippen LogP) is 5.25. The van der Waals surface area contributed by atoms with Crippen molar-refractivity contribution in [2.24, 2.45) is 0 Å². The van der Waals surface area contributed by atoms with Gasteiger partial charge in [-0.05, 0) is 48.0 Å². The third-order valence-electron chi connectivity index (χ3n) is 7.15. The minimum absolute atomic E-state index is 0.0362. The lowest BCUT2D eigenvalue weighted by Crippen LogP contribution is -2.49. The quantitative estimate of drug-likeness (QED) is 0.352. The summed E-state index contributed by atoms with van der Waals surface area (Å²) in [5.74, 6) is -0.559. The summed E-state index contributed by atoms with van der Waals surface area (Å²) in [4.78, 5) is 45.2. The number of carbonyl (C=O) groups is 3. The number of rotatable bonds is 4. The Morgan fingerprint density at radius 3 is 2.11 bits per heavy atom. The molecule has 1 saturated heterocycles. The zero-order valence-corrected chi connectivity index (χ0v) is 20.8. The van der Waals surface area contributed by atoms with Crippen molar-refractivity contribution in [3.63, 3.8) is 0 Å². The highest BCUT2D eigenvalue weighted by molar-refractivity contribution is 6.30. The van der Waals surface area contributed by atoms with Crippen molar-refractivity contribution < 1.29 is 14.4 Å². The molecule has 2 aliphatic heterocycles. The standard InChI is InChI=1S/C30H24ClN3O3/c31-22-11-9-20(10-12-22)19-34-29(36)24-8-4-7-23-26(14-13-25(27(23)24)30(34)37)32-15-17-33(18-16-32)28(35)21-5-2-1-3-6-21/h1-14H,15-19H2. The van der Waals surface area contributed by atoms with Gasteiger partial charge in [0, 0.05) is 64.4 Å². The lowest BCUT2D eigenvalue weighted by molar-refractivity contribution is 0.0597. The van der Waals surface area contributed by atoms with Gasteiger partial charge < -0.3 is 9.80 Å². The van der Waals surface area contributed by atoms with Crippen molar-refractivity contribution in [2.45, 2.75) is 6.54 Å². The number of hydrogen-bond donors (Lipinski definition) is 0. The number of benzene rings is 4. The van der Waals surface area contributed by atoms with Crippen molar-refractivity contribution in [3.8, 4) is 0 Å². The summed E-state index contributed by atoms with van der Waals surface area (Å²) in [6.45, 7) is 2.72. The van der Waals surface area contributed by atoms with Crippen LogP contribution in [0.3, 0.4) is 0 Å². The van der Waals surface area contributed by atoms with Crippen molar-refractivity contribution in [1.29, 1.82) is 0 Å². The Labute approximate surface area is 219 Å². The molecular weight excluding hydrogens is 486 g/mol. The van der Waals surface area contributed by atoms with Gasteiger partial charge in [-0.3, -0.25) is 19.3 Å². The minimum atomic E-state index is -0.298. The van der Waals surface area contributed by atoms with E-state index in [0.29, 0.717) is 53.3 Å². The summed E-state index contributed by atoms with van der Waals surface area (Å²) >= 11 is 5.99. The van der Waals surface area contributed by atoms with Crippen LogP contribution in [0.5, 0.6) is 0 Å². The topological polar surface area (TPSA) is 60.9 Å². The monoisotopic (exact) mass is 509 g/mol. The van der Waals surface area contributed by atoms with Crippen LogP contribution < -0.4 is 4.90 Å². The average Bonchev–Trinajstić information content (AvgIpc) is 2.95. The molecule has 7 heteroatoms. The van der Waals surface area contributed by atoms with E-state index >= 15 is 0 Å². The van der Waals surface area contributed by atoms with Crippen molar-refractivity contribution >= 4 is 45.8 Å². The first-order valence-electron chi connectivity index (χ1n) is 12.3. The molecule has 0 aromatic heterocycles. The molecule has 0 spiro atoms. The van der Waals surface area contributed by atoms with E-state index in [2.05, 4.69) is 4.90 Å². The Kier molecular flexibility index (Phi) is 5.89. The van der Waals surface area contributed by atoms with Gasteiger partial charge in [0.1, 0.15) is 0 Å². The molecule has 0 unspecified atom stereocenters. The Hall–Kier alpha value is -4.16. The van der Waals surface area contributed by atoms with E-state index < -0.39 is 0 Å². The highest BCUT2D eigenvalue weighted by Gasteiger charge is 2.34. The smallest absolute Gasteiger partial charge is 0.261 e. The van der Waals surface area contributed by atoms with Crippen molar-refractivity contribution in [1.82, 2.24) is 9.80 Å². The molecule has 184 valence electrons. The number of anilines is 1. The van der Waals surface area contributed by atoms with Gasteiger partial charge in [0.15, 0.2) is 0 Å². The van der Waals surface area contributed by atoms with Gasteiger partial charge in [0.25, 0.3) is 17.7 Å². The number of halogens is 1. The summed E-state index contributed by atoms with van der Waals surface area (Å²) in [7, 11) is 0. The molecule has 0 atom stereocenters. The van der Waals surface area contributed by atoms with Gasteiger partial charge in [-0.1, -0.05) is 54.1 Å². The Bertz CT molecular complexity index is 1510. The number of nitrogens with zero attached hydrogens (tertiary/aromatic N) is 3. The van der Waals surface area contributed by atoms with Crippen LogP contribution in [-0.2, 0) is 6.54 Å². The molecular formula is C30H24ClN3O3. The molecule has 6 nitrogen and oxygen atoms in total. The van der Waals surface area contributed by atoms with E-state index in [1.165, 1.54) is 4.90 Å². The molecule has 0 saturated carbocycles. The van der Waals surface area contributed by atoms with E-state index in [1.807, 2.05) is 71.6 Å². The van der Waals surface area contributed by atoms with E-state index in [4.69, 9.17) is 11.6 Å². The van der Waals surface area contributed by atoms with Crippen LogP contribution in [0.4, 0.5) is 5.69 Å². The van der Waals surface area contributed by atoms with Gasteiger partial charge in [-0.15, -0.1) is 0 Å². The van der Waals surface area contributed by atoms with E-state index in [0.717, 1.165) is 16.6 Å². The third kappa shape index (κ3) is 4.13. The minimum Gasteiger partial charge on any atom is -0.367 e. The fourth-order valence-corrected chi connectivity index (χ4v) is 5.36. The van der Waals surface area contributed by atoms with Gasteiger partial charge >= 0.3 is 0 Å². The maximum atomic E-state index is 13.4. The molecule has 0 radical (unpaired) electrons. The highest BCUT2D eigenvalue weighted by Crippen LogP contribution is 2.37. The summed E-state index contributed by atoms with van der Waals surface area (Å²) in [6, 6.07) is 25.9. The Balaban J connectivity index is 1.27. The molecule has 0 N–H and O–H groups in total. The Morgan fingerprint density at radius 1 is 0.730 bits per heavy atom. The maximum Gasteiger partial charge on any atom is 0.261 e. The zero-order valence-electron chi connectivity index (χ0n) is 20.1. The SMILES string of the molecule is O=C(c1ccccc1)N1CCN(c2ccc3c4c(cccc24)C(=O)N(Cc2ccc(Cl)cc2)C3=O)CC1. The molecule has 6 rings (SSSR count). The van der Waals surface area contributed by atoms with Crippen molar-refractivity contribution in [2.75, 3.05) is 31.1 Å². The third-order valence-corrected chi connectivity index (χ3v) is 7.40. The first-order chi connectivity index (χ1) is 18.0. The number of piperazine rings is 1. The molecule has 2 heterocycles. The van der Waals surface area contributed by atoms with Gasteiger partial charge in [-0.25, -0.2) is 0 Å². The largest absolute Gasteiger partial charge is 0.367 e. The molecule has 3 amide bonds. The van der Waals surface area contributed by atoms with Gasteiger partial charge in [-0.2, -0.15) is 0 Å². The molecule has 1 fully saturated rings. The van der Waals surface area contributed by atoms with Crippen LogP contribution in [0.25, 0.3) is 10.8 Å². The van der Waals surface area contributed by atoms with E-state index in [9.17, 15) is 14.4 Å². The fourth-order valence-electron chi connectivity index (χ4n) is 5.24. The van der Waals surface area contributed by atoms with Crippen LogP contribution in [0.2, 0.25) is 5.02 Å². The van der Waals surface area contributed by atoms with Gasteiger partial charge in [0.2, 0.25) is 0 Å². The van der Waals surface area contributed by atoms with Crippen LogP contribution in [0, 0.1) is 0 Å². The fraction of sp³-hybridized carbons (Fsp3) is 0.167. The van der Waals surface area contributed by atoms with E-state index in [1.54, 1.807) is 18.2 Å². The second-order valence-electron chi connectivity index (χ2n) is 9.33. The Morgan fingerprint density at radius 2 is 1.41 bits per heavy atom. The second-order valence-corrected chi connectivity index (χ2v) is 9.77. The van der Waals surface area contributed by atoms with E-state index in [-0.39, 0.29) is 24.3 Å². The molecule has 37 heavy (non-hydrogen) atoms. The number of hydrogen-bond acceptors (Lipinski definition) is 4. The average molecular weight is 510 g/mol. The van der Waals surface area contributed by atoms with Crippen LogP contribution in [0.1, 0.15) is 36.6 Å². The lowest BCUT2D eigenvalue weighted by Gasteiger charge is -2.37. The molecule has 4 aromatic rings. The number of carbonyl (C=O) groups excluding carboxylic acids is 3. The molecule has 4 aromatic carbocycles. The first kappa shape index (κ1) is 23.3. The lowest BCUT2D eigenvalue weighted by atomic mass is 9.92. The first-order valence-corrected chi connectivity index (χ1v) is 12.6. The second kappa shape index (κ2) is 9.37. The highest BCUT2D eigenvalue weighted by atomic mass is 35.5. The van der Waals surface area contributed by atoms with Gasteiger partial charge in [0.05, 0.1) is 6.54 Å². The molecule has 0 aliphatic carbocycles. The molecule has 0 bridgehead atoms. The summed E-state index contributed by atoms with van der Waals surface area (Å²) in [6.07, 6.45) is 0. The normalized spacial score (nSPS) is 15.4. The summed E-state index contributed by atoms with van der Waals surface area (Å²) in [5, 5.41) is 2.18. The summed E-state index contributed by atoms with van der Waals surface area (Å²) in [5.41, 5.74) is 3.56. The summed E-state index contributed by atoms with van der Waals surface area (Å²) < 4.78 is 0. The van der Waals surface area contributed by atoms with Crippen LogP contribution in [-0.4, -0.2) is 53.7 Å².